The fraction of sp³-hybridized carbons (Fsp3) is 0.450. The fourth-order valence-electron chi connectivity index (χ4n) is 4.80. The van der Waals surface area contributed by atoms with E-state index in [9.17, 15) is 4.39 Å². The van der Waals surface area contributed by atoms with E-state index in [2.05, 4.69) is 33.5 Å². The Balaban J connectivity index is 1.29. The van der Waals surface area contributed by atoms with Crippen molar-refractivity contribution in [2.45, 2.75) is 50.2 Å². The maximum atomic E-state index is 13.1. The van der Waals surface area contributed by atoms with Crippen LogP contribution in [0.4, 0.5) is 15.9 Å². The second-order valence-corrected chi connectivity index (χ2v) is 7.92. The second-order valence-electron chi connectivity index (χ2n) is 7.92. The molecular formula is C20H23FN6. The van der Waals surface area contributed by atoms with Crippen LogP contribution in [0.25, 0.3) is 0 Å². The smallest absolute Gasteiger partial charge is 0.137 e. The van der Waals surface area contributed by atoms with Crippen molar-refractivity contribution in [3.05, 3.63) is 47.9 Å². The number of aliphatic imine (C=N–C) groups is 1. The van der Waals surface area contributed by atoms with Gasteiger partial charge in [-0.3, -0.25) is 0 Å². The first-order valence-corrected chi connectivity index (χ1v) is 9.58. The van der Waals surface area contributed by atoms with Crippen molar-refractivity contribution in [2.75, 3.05) is 5.32 Å². The number of hydrogen-bond acceptors (Lipinski definition) is 5. The minimum atomic E-state index is -0.246. The number of nitrogens with one attached hydrogen (secondary N) is 2. The average molecular weight is 366 g/mol. The van der Waals surface area contributed by atoms with Crippen molar-refractivity contribution in [3.63, 3.8) is 0 Å². The summed E-state index contributed by atoms with van der Waals surface area (Å²) in [7, 11) is 0. The van der Waals surface area contributed by atoms with Gasteiger partial charge in [-0.15, -0.1) is 0 Å². The Hall–Kier alpha value is -2.70. The monoisotopic (exact) mass is 366 g/mol. The molecule has 6 nitrogen and oxygen atoms in total. The van der Waals surface area contributed by atoms with Gasteiger partial charge in [-0.2, -0.15) is 5.11 Å². The van der Waals surface area contributed by atoms with E-state index in [0.29, 0.717) is 12.0 Å². The van der Waals surface area contributed by atoms with Crippen LogP contribution in [0.2, 0.25) is 0 Å². The summed E-state index contributed by atoms with van der Waals surface area (Å²) in [6.07, 6.45) is 8.06. The summed E-state index contributed by atoms with van der Waals surface area (Å²) in [5, 5.41) is 14.6. The third-order valence-electron chi connectivity index (χ3n) is 6.31. The molecule has 5 rings (SSSR count). The predicted octanol–water partition coefficient (Wildman–Crippen LogP) is 4.98. The summed E-state index contributed by atoms with van der Waals surface area (Å²) in [5.41, 5.74) is 1.92. The maximum absolute atomic E-state index is 13.1. The fourth-order valence-corrected chi connectivity index (χ4v) is 4.80. The van der Waals surface area contributed by atoms with Crippen molar-refractivity contribution < 1.29 is 4.39 Å². The molecule has 1 fully saturated rings. The molecule has 2 aromatic rings. The summed E-state index contributed by atoms with van der Waals surface area (Å²) in [6.45, 7) is 2.23. The minimum Gasteiger partial charge on any atom is -0.382 e. The molecule has 2 aliphatic heterocycles. The van der Waals surface area contributed by atoms with Gasteiger partial charge in [-0.05, 0) is 68.9 Å². The van der Waals surface area contributed by atoms with Crippen LogP contribution in [0.5, 0.6) is 0 Å². The summed E-state index contributed by atoms with van der Waals surface area (Å²) < 4.78 is 13.1. The largest absolute Gasteiger partial charge is 0.382 e. The Labute approximate surface area is 157 Å². The van der Waals surface area contributed by atoms with Crippen LogP contribution in [-0.2, 0) is 0 Å². The zero-order valence-corrected chi connectivity index (χ0v) is 15.3. The molecule has 1 saturated carbocycles. The highest BCUT2D eigenvalue weighted by atomic mass is 19.1. The van der Waals surface area contributed by atoms with Gasteiger partial charge in [0, 0.05) is 23.5 Å². The van der Waals surface area contributed by atoms with Crippen LogP contribution in [0, 0.1) is 11.7 Å². The molecule has 3 heterocycles. The number of benzene rings is 1. The van der Waals surface area contributed by atoms with Gasteiger partial charge < -0.3 is 10.3 Å². The third kappa shape index (κ3) is 2.72. The van der Waals surface area contributed by atoms with Gasteiger partial charge in [0.05, 0.1) is 0 Å². The van der Waals surface area contributed by atoms with Crippen LogP contribution in [0.3, 0.4) is 0 Å². The van der Waals surface area contributed by atoms with Crippen molar-refractivity contribution in [2.24, 2.45) is 21.2 Å². The number of aromatic amines is 1. The van der Waals surface area contributed by atoms with Crippen LogP contribution in [0.15, 0.2) is 51.9 Å². The predicted molar refractivity (Wildman–Crippen MR) is 103 cm³/mol. The van der Waals surface area contributed by atoms with E-state index < -0.39 is 0 Å². The molecule has 1 aromatic carbocycles. The lowest BCUT2D eigenvalue weighted by Gasteiger charge is -2.41. The Bertz CT molecular complexity index is 880. The number of rotatable bonds is 3. The summed E-state index contributed by atoms with van der Waals surface area (Å²) in [4.78, 5) is 7.63. The zero-order valence-electron chi connectivity index (χ0n) is 15.3. The summed E-state index contributed by atoms with van der Waals surface area (Å²) in [5.74, 6) is 1.19. The van der Waals surface area contributed by atoms with Gasteiger partial charge >= 0.3 is 0 Å². The van der Waals surface area contributed by atoms with Gasteiger partial charge in [0.25, 0.3) is 0 Å². The van der Waals surface area contributed by atoms with Gasteiger partial charge in [-0.25, -0.2) is 14.4 Å². The molecule has 1 aromatic heterocycles. The molecular weight excluding hydrogens is 343 g/mol. The van der Waals surface area contributed by atoms with Crippen molar-refractivity contribution in [3.8, 4) is 0 Å². The van der Waals surface area contributed by atoms with Gasteiger partial charge in [0.2, 0.25) is 0 Å². The maximum Gasteiger partial charge on any atom is 0.137 e. The Morgan fingerprint density at radius 3 is 2.70 bits per heavy atom. The molecule has 2 N–H and O–H groups in total. The third-order valence-corrected chi connectivity index (χ3v) is 6.31. The summed E-state index contributed by atoms with van der Waals surface area (Å²) in [6, 6.07) is 9.24. The molecule has 7 heteroatoms. The van der Waals surface area contributed by atoms with Crippen LogP contribution in [-0.4, -0.2) is 27.9 Å². The lowest BCUT2D eigenvalue weighted by Crippen LogP contribution is -2.44. The number of halogens is 1. The molecule has 1 aliphatic carbocycles. The first kappa shape index (κ1) is 16.5. The zero-order chi connectivity index (χ0) is 18.4. The number of fused-ring (bicyclic) bond motifs is 3. The molecule has 3 aliphatic rings. The van der Waals surface area contributed by atoms with Gasteiger partial charge in [0.15, 0.2) is 0 Å². The number of nitrogens with zero attached hydrogens (tertiary/aromatic N) is 4. The van der Waals surface area contributed by atoms with Crippen LogP contribution < -0.4 is 5.32 Å². The average Bonchev–Trinajstić information content (AvgIpc) is 3.29. The molecule has 2 atom stereocenters. The molecule has 0 saturated heterocycles. The van der Waals surface area contributed by atoms with Crippen molar-refractivity contribution in [1.82, 2.24) is 9.99 Å². The quantitative estimate of drug-likeness (QED) is 0.804. The number of H-pyrrole nitrogens is 1. The summed E-state index contributed by atoms with van der Waals surface area (Å²) >= 11 is 0. The first-order chi connectivity index (χ1) is 13.1. The Kier molecular flexibility index (Phi) is 3.77. The van der Waals surface area contributed by atoms with E-state index in [-0.39, 0.29) is 17.4 Å². The minimum absolute atomic E-state index is 0.114. The topological polar surface area (TPSA) is 68.1 Å². The number of hydrogen-bond donors (Lipinski definition) is 2. The van der Waals surface area contributed by atoms with E-state index >= 15 is 0 Å². The molecule has 140 valence electrons. The Morgan fingerprint density at radius 2 is 1.93 bits per heavy atom. The first-order valence-electron chi connectivity index (χ1n) is 9.58. The van der Waals surface area contributed by atoms with E-state index in [0.717, 1.165) is 37.2 Å². The number of aromatic nitrogens is 1. The lowest BCUT2D eigenvalue weighted by molar-refractivity contribution is 0.162. The van der Waals surface area contributed by atoms with E-state index in [1.165, 1.54) is 17.7 Å². The van der Waals surface area contributed by atoms with E-state index in [1.807, 2.05) is 11.2 Å². The van der Waals surface area contributed by atoms with Gasteiger partial charge in [0.1, 0.15) is 29.6 Å². The molecule has 0 spiro atoms. The standard InChI is InChI=1S/C20H23FN6/c1-20(18-17-10-11-22-19(17)23-12-27(18)26-25-20)13-2-6-15(7-3-13)24-16-8-4-14(21)5-9-16/h4-5,8-13,15,18,22,24H,2-3,6-7H2,1H3. The molecule has 0 radical (unpaired) electrons. The van der Waals surface area contributed by atoms with Crippen molar-refractivity contribution in [1.29, 1.82) is 0 Å². The van der Waals surface area contributed by atoms with Crippen LogP contribution in [0.1, 0.15) is 44.2 Å². The van der Waals surface area contributed by atoms with Gasteiger partial charge in [-0.1, -0.05) is 5.22 Å². The molecule has 2 unspecified atom stereocenters. The highest BCUT2D eigenvalue weighted by Crippen LogP contribution is 2.51. The highest BCUT2D eigenvalue weighted by Gasteiger charge is 2.51. The normalized spacial score (nSPS) is 31.6. The molecule has 0 bridgehead atoms. The SMILES string of the molecule is CC1(C2CCC(Nc3ccc(F)cc3)CC2)N=NN2C=Nc3[nH]ccc3C21. The van der Waals surface area contributed by atoms with Crippen LogP contribution >= 0.6 is 0 Å². The van der Waals surface area contributed by atoms with E-state index in [4.69, 9.17) is 5.11 Å². The van der Waals surface area contributed by atoms with E-state index in [1.54, 1.807) is 18.5 Å². The highest BCUT2D eigenvalue weighted by molar-refractivity contribution is 5.67. The van der Waals surface area contributed by atoms with Crippen molar-refractivity contribution >= 4 is 17.8 Å². The molecule has 0 amide bonds. The second kappa shape index (κ2) is 6.18. The Morgan fingerprint density at radius 1 is 1.15 bits per heavy atom. The molecule has 27 heavy (non-hydrogen) atoms. The number of anilines is 1. The lowest BCUT2D eigenvalue weighted by atomic mass is 9.70.